The van der Waals surface area contributed by atoms with Crippen molar-refractivity contribution in [3.63, 3.8) is 0 Å². The normalized spacial score (nSPS) is 12.7. The molecule has 0 fully saturated rings. The van der Waals surface area contributed by atoms with Crippen LogP contribution in [0, 0.1) is 0 Å². The SMILES string of the molecule is CC(c1nc(N)nc(N(C)C)n1)N(C)Cc1cnn(C)c1. The molecule has 0 saturated heterocycles. The first-order valence-electron chi connectivity index (χ1n) is 6.73. The van der Waals surface area contributed by atoms with Crippen LogP contribution in [0.15, 0.2) is 12.4 Å². The monoisotopic (exact) mass is 290 g/mol. The van der Waals surface area contributed by atoms with Gasteiger partial charge in [0.25, 0.3) is 0 Å². The minimum atomic E-state index is 0.0224. The largest absolute Gasteiger partial charge is 0.368 e. The first-order valence-corrected chi connectivity index (χ1v) is 6.73. The molecule has 114 valence electrons. The number of nitrogens with two attached hydrogens (primary N) is 1. The molecular weight excluding hydrogens is 268 g/mol. The lowest BCUT2D eigenvalue weighted by Gasteiger charge is -2.23. The topological polar surface area (TPSA) is 89.0 Å². The second-order valence-electron chi connectivity index (χ2n) is 5.36. The van der Waals surface area contributed by atoms with E-state index in [-0.39, 0.29) is 12.0 Å². The molecule has 0 radical (unpaired) electrons. The molecule has 0 aliphatic heterocycles. The Balaban J connectivity index is 2.16. The summed E-state index contributed by atoms with van der Waals surface area (Å²) in [7, 11) is 7.68. The minimum absolute atomic E-state index is 0.0224. The van der Waals surface area contributed by atoms with Gasteiger partial charge in [0.2, 0.25) is 11.9 Å². The van der Waals surface area contributed by atoms with Crippen LogP contribution in [0.25, 0.3) is 0 Å². The summed E-state index contributed by atoms with van der Waals surface area (Å²) in [5, 5.41) is 4.18. The number of rotatable bonds is 5. The average Bonchev–Trinajstić information content (AvgIpc) is 2.82. The Morgan fingerprint density at radius 3 is 2.52 bits per heavy atom. The molecule has 1 unspecified atom stereocenters. The standard InChI is InChI=1S/C13H22N8/c1-9(20(4)7-10-6-15-21(5)8-10)11-16-12(14)18-13(17-11)19(2)3/h6,8-9H,7H2,1-5H3,(H2,14,16,17,18). The predicted octanol–water partition coefficient (Wildman–Crippen LogP) is 0.446. The Kier molecular flexibility index (Phi) is 4.37. The molecule has 21 heavy (non-hydrogen) atoms. The maximum Gasteiger partial charge on any atom is 0.229 e. The zero-order valence-corrected chi connectivity index (χ0v) is 13.1. The highest BCUT2D eigenvalue weighted by atomic mass is 15.3. The molecule has 2 rings (SSSR count). The number of hydrogen-bond acceptors (Lipinski definition) is 7. The third-order valence-electron chi connectivity index (χ3n) is 3.28. The number of nitrogens with zero attached hydrogens (tertiary/aromatic N) is 7. The van der Waals surface area contributed by atoms with Gasteiger partial charge in [0.1, 0.15) is 0 Å². The fourth-order valence-electron chi connectivity index (χ4n) is 1.96. The maximum absolute atomic E-state index is 5.77. The lowest BCUT2D eigenvalue weighted by molar-refractivity contribution is 0.243. The van der Waals surface area contributed by atoms with Gasteiger partial charge in [0.15, 0.2) is 5.82 Å². The fourth-order valence-corrected chi connectivity index (χ4v) is 1.96. The van der Waals surface area contributed by atoms with Crippen molar-refractivity contribution in [3.8, 4) is 0 Å². The van der Waals surface area contributed by atoms with Gasteiger partial charge in [-0.15, -0.1) is 0 Å². The number of nitrogen functional groups attached to an aromatic ring is 1. The summed E-state index contributed by atoms with van der Waals surface area (Å²) < 4.78 is 1.79. The quantitative estimate of drug-likeness (QED) is 0.855. The van der Waals surface area contributed by atoms with Crippen LogP contribution in [-0.4, -0.2) is 50.8 Å². The third kappa shape index (κ3) is 3.66. The Labute approximate surface area is 124 Å². The van der Waals surface area contributed by atoms with Crippen molar-refractivity contribution in [2.24, 2.45) is 7.05 Å². The van der Waals surface area contributed by atoms with Crippen LogP contribution in [0.5, 0.6) is 0 Å². The molecule has 8 nitrogen and oxygen atoms in total. The van der Waals surface area contributed by atoms with Crippen molar-refractivity contribution in [2.75, 3.05) is 31.8 Å². The van der Waals surface area contributed by atoms with Gasteiger partial charge in [-0.25, -0.2) is 0 Å². The maximum atomic E-state index is 5.77. The third-order valence-corrected chi connectivity index (χ3v) is 3.28. The smallest absolute Gasteiger partial charge is 0.229 e. The molecule has 1 atom stereocenters. The van der Waals surface area contributed by atoms with Gasteiger partial charge in [-0.1, -0.05) is 0 Å². The van der Waals surface area contributed by atoms with Gasteiger partial charge in [0.05, 0.1) is 12.2 Å². The van der Waals surface area contributed by atoms with Gasteiger partial charge in [0, 0.05) is 39.4 Å². The van der Waals surface area contributed by atoms with Crippen molar-refractivity contribution in [3.05, 3.63) is 23.8 Å². The summed E-state index contributed by atoms with van der Waals surface area (Å²) >= 11 is 0. The minimum Gasteiger partial charge on any atom is -0.368 e. The van der Waals surface area contributed by atoms with E-state index >= 15 is 0 Å². The molecule has 0 amide bonds. The van der Waals surface area contributed by atoms with Crippen molar-refractivity contribution in [1.82, 2.24) is 29.6 Å². The highest BCUT2D eigenvalue weighted by Crippen LogP contribution is 2.19. The van der Waals surface area contributed by atoms with E-state index in [0.29, 0.717) is 11.8 Å². The van der Waals surface area contributed by atoms with E-state index in [1.54, 1.807) is 4.68 Å². The summed E-state index contributed by atoms with van der Waals surface area (Å²) in [6, 6.07) is 0.0224. The number of aromatic nitrogens is 5. The van der Waals surface area contributed by atoms with E-state index in [4.69, 9.17) is 5.73 Å². The number of hydrogen-bond donors (Lipinski definition) is 1. The molecule has 0 saturated carbocycles. The lowest BCUT2D eigenvalue weighted by Crippen LogP contribution is -2.25. The molecule has 0 spiro atoms. The highest BCUT2D eigenvalue weighted by molar-refractivity contribution is 5.33. The van der Waals surface area contributed by atoms with E-state index in [9.17, 15) is 0 Å². The molecule has 0 aliphatic carbocycles. The van der Waals surface area contributed by atoms with Crippen molar-refractivity contribution < 1.29 is 0 Å². The predicted molar refractivity (Wildman–Crippen MR) is 81.7 cm³/mol. The van der Waals surface area contributed by atoms with Gasteiger partial charge in [-0.2, -0.15) is 20.1 Å². The number of anilines is 2. The summed E-state index contributed by atoms with van der Waals surface area (Å²) in [6.45, 7) is 2.81. The van der Waals surface area contributed by atoms with Gasteiger partial charge >= 0.3 is 0 Å². The second-order valence-corrected chi connectivity index (χ2v) is 5.36. The van der Waals surface area contributed by atoms with Crippen LogP contribution in [0.3, 0.4) is 0 Å². The van der Waals surface area contributed by atoms with E-state index in [1.807, 2.05) is 52.4 Å². The van der Waals surface area contributed by atoms with Gasteiger partial charge < -0.3 is 10.6 Å². The molecule has 2 heterocycles. The van der Waals surface area contributed by atoms with E-state index in [1.165, 1.54) is 0 Å². The summed E-state index contributed by atoms with van der Waals surface area (Å²) in [5.74, 6) is 1.47. The van der Waals surface area contributed by atoms with Crippen LogP contribution in [-0.2, 0) is 13.6 Å². The highest BCUT2D eigenvalue weighted by Gasteiger charge is 2.18. The van der Waals surface area contributed by atoms with Gasteiger partial charge in [-0.3, -0.25) is 9.58 Å². The second kappa shape index (κ2) is 6.04. The summed E-state index contributed by atoms with van der Waals surface area (Å²) in [5.41, 5.74) is 6.91. The average molecular weight is 290 g/mol. The van der Waals surface area contributed by atoms with Crippen molar-refractivity contribution in [1.29, 1.82) is 0 Å². The first kappa shape index (κ1) is 15.2. The lowest BCUT2D eigenvalue weighted by atomic mass is 10.2. The number of aryl methyl sites for hydroxylation is 1. The molecular formula is C13H22N8. The Hall–Kier alpha value is -2.22. The fraction of sp³-hybridized carbons (Fsp3) is 0.538. The van der Waals surface area contributed by atoms with Crippen LogP contribution >= 0.6 is 0 Å². The molecule has 2 aromatic rings. The summed E-state index contributed by atoms with van der Waals surface area (Å²) in [6.07, 6.45) is 3.85. The summed E-state index contributed by atoms with van der Waals surface area (Å²) in [4.78, 5) is 16.8. The van der Waals surface area contributed by atoms with Crippen molar-refractivity contribution in [2.45, 2.75) is 19.5 Å². The van der Waals surface area contributed by atoms with Crippen LogP contribution in [0.4, 0.5) is 11.9 Å². The van der Waals surface area contributed by atoms with Crippen LogP contribution in [0.1, 0.15) is 24.4 Å². The molecule has 0 aromatic carbocycles. The Morgan fingerprint density at radius 1 is 1.24 bits per heavy atom. The molecule has 0 aliphatic rings. The van der Waals surface area contributed by atoms with Crippen LogP contribution in [0.2, 0.25) is 0 Å². The molecule has 2 N–H and O–H groups in total. The molecule has 2 aromatic heterocycles. The van der Waals surface area contributed by atoms with Crippen molar-refractivity contribution >= 4 is 11.9 Å². The zero-order chi connectivity index (χ0) is 15.6. The van der Waals surface area contributed by atoms with Gasteiger partial charge in [-0.05, 0) is 14.0 Å². The molecule has 8 heteroatoms. The van der Waals surface area contributed by atoms with E-state index in [2.05, 4.69) is 25.0 Å². The van der Waals surface area contributed by atoms with E-state index in [0.717, 1.165) is 12.1 Å². The Morgan fingerprint density at radius 2 is 1.95 bits per heavy atom. The van der Waals surface area contributed by atoms with E-state index < -0.39 is 0 Å². The van der Waals surface area contributed by atoms with Crippen LogP contribution < -0.4 is 10.6 Å². The first-order chi connectivity index (χ1) is 9.86. The Bertz CT molecular complexity index is 606. The zero-order valence-electron chi connectivity index (χ0n) is 13.1. The molecule has 0 bridgehead atoms.